The molecule has 0 unspecified atom stereocenters. The standard InChI is InChI=1S/C14H20ClFN2O/c1-4-18(9-5-8-17(2)3)14(19)12-10-11(15)6-7-13(12)16/h6-7,10H,4-5,8-9H2,1-3H3. The van der Waals surface area contributed by atoms with Crippen LogP contribution in [0.2, 0.25) is 5.02 Å². The van der Waals surface area contributed by atoms with Crippen LogP contribution >= 0.6 is 11.6 Å². The van der Waals surface area contributed by atoms with Gasteiger partial charge in [-0.25, -0.2) is 4.39 Å². The van der Waals surface area contributed by atoms with Gasteiger partial charge in [-0.15, -0.1) is 0 Å². The Labute approximate surface area is 119 Å². The summed E-state index contributed by atoms with van der Waals surface area (Å²) in [5.41, 5.74) is 0.0409. The Morgan fingerprint density at radius 3 is 2.58 bits per heavy atom. The van der Waals surface area contributed by atoms with E-state index in [1.807, 2.05) is 21.0 Å². The summed E-state index contributed by atoms with van der Waals surface area (Å²) in [5.74, 6) is -0.832. The minimum absolute atomic E-state index is 0.0409. The maximum atomic E-state index is 13.7. The van der Waals surface area contributed by atoms with Crippen molar-refractivity contribution in [2.75, 3.05) is 33.7 Å². The molecule has 1 aromatic carbocycles. The fourth-order valence-electron chi connectivity index (χ4n) is 1.81. The summed E-state index contributed by atoms with van der Waals surface area (Å²) < 4.78 is 13.7. The highest BCUT2D eigenvalue weighted by atomic mass is 35.5. The zero-order chi connectivity index (χ0) is 14.4. The second-order valence-electron chi connectivity index (χ2n) is 4.67. The van der Waals surface area contributed by atoms with E-state index in [-0.39, 0.29) is 11.5 Å². The summed E-state index contributed by atoms with van der Waals surface area (Å²) in [7, 11) is 3.96. The smallest absolute Gasteiger partial charge is 0.256 e. The summed E-state index contributed by atoms with van der Waals surface area (Å²) in [6, 6.07) is 4.05. The van der Waals surface area contributed by atoms with E-state index in [1.165, 1.54) is 18.2 Å². The molecule has 0 spiro atoms. The number of benzene rings is 1. The molecular formula is C14H20ClFN2O. The van der Waals surface area contributed by atoms with Crippen LogP contribution in [0.1, 0.15) is 23.7 Å². The van der Waals surface area contributed by atoms with Gasteiger partial charge in [-0.2, -0.15) is 0 Å². The first-order chi connectivity index (χ1) is 8.95. The molecule has 0 aliphatic heterocycles. The molecule has 0 aliphatic carbocycles. The van der Waals surface area contributed by atoms with E-state index in [0.29, 0.717) is 18.1 Å². The summed E-state index contributed by atoms with van der Waals surface area (Å²) in [5, 5.41) is 0.370. The molecule has 0 saturated carbocycles. The first kappa shape index (κ1) is 15.9. The van der Waals surface area contributed by atoms with Gasteiger partial charge in [0.1, 0.15) is 5.82 Å². The molecule has 0 aliphatic rings. The van der Waals surface area contributed by atoms with Crippen molar-refractivity contribution in [3.63, 3.8) is 0 Å². The van der Waals surface area contributed by atoms with Gasteiger partial charge in [0.25, 0.3) is 5.91 Å². The monoisotopic (exact) mass is 286 g/mol. The minimum atomic E-state index is -0.527. The molecule has 0 saturated heterocycles. The fraction of sp³-hybridized carbons (Fsp3) is 0.500. The van der Waals surface area contributed by atoms with Crippen LogP contribution in [0.4, 0.5) is 4.39 Å². The van der Waals surface area contributed by atoms with Crippen molar-refractivity contribution in [2.45, 2.75) is 13.3 Å². The predicted molar refractivity (Wildman–Crippen MR) is 76.2 cm³/mol. The van der Waals surface area contributed by atoms with Crippen molar-refractivity contribution >= 4 is 17.5 Å². The molecule has 0 radical (unpaired) electrons. The Bertz CT molecular complexity index is 437. The Balaban J connectivity index is 2.75. The topological polar surface area (TPSA) is 23.6 Å². The van der Waals surface area contributed by atoms with Gasteiger partial charge in [0, 0.05) is 18.1 Å². The van der Waals surface area contributed by atoms with Crippen molar-refractivity contribution in [3.05, 3.63) is 34.6 Å². The van der Waals surface area contributed by atoms with Crippen molar-refractivity contribution in [3.8, 4) is 0 Å². The number of hydrogen-bond donors (Lipinski definition) is 0. The summed E-state index contributed by atoms with van der Waals surface area (Å²) >= 11 is 5.81. The van der Waals surface area contributed by atoms with Crippen LogP contribution in [0.3, 0.4) is 0 Å². The van der Waals surface area contributed by atoms with Gasteiger partial charge in [-0.3, -0.25) is 4.79 Å². The quantitative estimate of drug-likeness (QED) is 0.803. The maximum Gasteiger partial charge on any atom is 0.256 e. The molecule has 1 aromatic rings. The lowest BCUT2D eigenvalue weighted by atomic mass is 10.1. The number of nitrogens with zero attached hydrogens (tertiary/aromatic N) is 2. The second-order valence-corrected chi connectivity index (χ2v) is 5.10. The van der Waals surface area contributed by atoms with Gasteiger partial charge in [0.15, 0.2) is 0 Å². The first-order valence-electron chi connectivity index (χ1n) is 6.34. The molecule has 1 rings (SSSR count). The molecule has 3 nitrogen and oxygen atoms in total. The van der Waals surface area contributed by atoms with Gasteiger partial charge in [0.2, 0.25) is 0 Å². The normalized spacial score (nSPS) is 10.8. The number of rotatable bonds is 6. The molecule has 106 valence electrons. The zero-order valence-corrected chi connectivity index (χ0v) is 12.4. The van der Waals surface area contributed by atoms with E-state index in [1.54, 1.807) is 4.90 Å². The van der Waals surface area contributed by atoms with Gasteiger partial charge < -0.3 is 9.80 Å². The number of amides is 1. The summed E-state index contributed by atoms with van der Waals surface area (Å²) in [4.78, 5) is 15.9. The lowest BCUT2D eigenvalue weighted by molar-refractivity contribution is 0.0754. The molecule has 0 aromatic heterocycles. The maximum absolute atomic E-state index is 13.7. The van der Waals surface area contributed by atoms with E-state index < -0.39 is 5.82 Å². The minimum Gasteiger partial charge on any atom is -0.339 e. The van der Waals surface area contributed by atoms with Crippen LogP contribution < -0.4 is 0 Å². The Hall–Kier alpha value is -1.13. The van der Waals surface area contributed by atoms with Gasteiger partial charge >= 0.3 is 0 Å². The van der Waals surface area contributed by atoms with Crippen molar-refractivity contribution < 1.29 is 9.18 Å². The average Bonchev–Trinajstić information content (AvgIpc) is 2.36. The highest BCUT2D eigenvalue weighted by Crippen LogP contribution is 2.17. The van der Waals surface area contributed by atoms with Crippen LogP contribution in [-0.4, -0.2) is 49.4 Å². The zero-order valence-electron chi connectivity index (χ0n) is 11.6. The van der Waals surface area contributed by atoms with E-state index in [0.717, 1.165) is 13.0 Å². The van der Waals surface area contributed by atoms with Crippen LogP contribution in [0, 0.1) is 5.82 Å². The second kappa shape index (κ2) is 7.46. The predicted octanol–water partition coefficient (Wildman–Crippen LogP) is 2.89. The van der Waals surface area contributed by atoms with E-state index in [4.69, 9.17) is 11.6 Å². The van der Waals surface area contributed by atoms with Crippen LogP contribution in [0.15, 0.2) is 18.2 Å². The van der Waals surface area contributed by atoms with E-state index >= 15 is 0 Å². The number of carbonyl (C=O) groups excluding carboxylic acids is 1. The Kier molecular flexibility index (Phi) is 6.25. The van der Waals surface area contributed by atoms with Gasteiger partial charge in [0.05, 0.1) is 5.56 Å². The average molecular weight is 287 g/mol. The molecule has 5 heteroatoms. The Morgan fingerprint density at radius 1 is 1.32 bits per heavy atom. The van der Waals surface area contributed by atoms with Crippen molar-refractivity contribution in [1.29, 1.82) is 0 Å². The molecule has 1 amide bonds. The molecule has 19 heavy (non-hydrogen) atoms. The molecule has 0 bridgehead atoms. The van der Waals surface area contributed by atoms with Crippen LogP contribution in [0.5, 0.6) is 0 Å². The SMILES string of the molecule is CCN(CCCN(C)C)C(=O)c1cc(Cl)ccc1F. The Morgan fingerprint density at radius 2 is 2.00 bits per heavy atom. The highest BCUT2D eigenvalue weighted by molar-refractivity contribution is 6.30. The van der Waals surface area contributed by atoms with Gasteiger partial charge in [-0.05, 0) is 52.2 Å². The molecule has 0 N–H and O–H groups in total. The van der Waals surface area contributed by atoms with Crippen LogP contribution in [0.25, 0.3) is 0 Å². The largest absolute Gasteiger partial charge is 0.339 e. The first-order valence-corrected chi connectivity index (χ1v) is 6.72. The molecule has 0 heterocycles. The number of halogens is 2. The van der Waals surface area contributed by atoms with Crippen LogP contribution in [-0.2, 0) is 0 Å². The third-order valence-electron chi connectivity index (χ3n) is 2.86. The van der Waals surface area contributed by atoms with Crippen molar-refractivity contribution in [2.24, 2.45) is 0 Å². The van der Waals surface area contributed by atoms with E-state index in [2.05, 4.69) is 4.90 Å². The molecular weight excluding hydrogens is 267 g/mol. The summed E-state index contributed by atoms with van der Waals surface area (Å²) in [6.45, 7) is 3.94. The summed E-state index contributed by atoms with van der Waals surface area (Å²) in [6.07, 6.45) is 0.856. The fourth-order valence-corrected chi connectivity index (χ4v) is 1.98. The third-order valence-corrected chi connectivity index (χ3v) is 3.10. The van der Waals surface area contributed by atoms with Crippen molar-refractivity contribution in [1.82, 2.24) is 9.80 Å². The lowest BCUT2D eigenvalue weighted by Crippen LogP contribution is -2.33. The molecule has 0 fully saturated rings. The van der Waals surface area contributed by atoms with E-state index in [9.17, 15) is 9.18 Å². The van der Waals surface area contributed by atoms with Gasteiger partial charge in [-0.1, -0.05) is 11.6 Å². The third kappa shape index (κ3) is 4.80. The number of carbonyl (C=O) groups is 1. The highest BCUT2D eigenvalue weighted by Gasteiger charge is 2.18. The molecule has 0 atom stereocenters. The number of hydrogen-bond acceptors (Lipinski definition) is 2. The lowest BCUT2D eigenvalue weighted by Gasteiger charge is -2.22.